The molecule has 0 aliphatic rings. The first-order valence-corrected chi connectivity index (χ1v) is 8.87. The van der Waals surface area contributed by atoms with Crippen molar-refractivity contribution in [3.05, 3.63) is 35.9 Å². The molecule has 1 aromatic carbocycles. The molecule has 0 saturated heterocycles. The van der Waals surface area contributed by atoms with Gasteiger partial charge in [0.2, 0.25) is 0 Å². The minimum Gasteiger partial charge on any atom is -0.299 e. The lowest BCUT2D eigenvalue weighted by Gasteiger charge is -2.16. The van der Waals surface area contributed by atoms with Crippen molar-refractivity contribution in [3.8, 4) is 0 Å². The van der Waals surface area contributed by atoms with Gasteiger partial charge in [-0.1, -0.05) is 89.1 Å². The fourth-order valence-electron chi connectivity index (χ4n) is 2.87. The summed E-state index contributed by atoms with van der Waals surface area (Å²) < 4.78 is 0. The number of carbonyl (C=O) groups is 1. The van der Waals surface area contributed by atoms with Crippen molar-refractivity contribution in [1.29, 1.82) is 0 Å². The molecule has 0 amide bonds. The van der Waals surface area contributed by atoms with Crippen molar-refractivity contribution < 1.29 is 4.79 Å². The number of hydrogen-bond acceptors (Lipinski definition) is 1. The van der Waals surface area contributed by atoms with E-state index in [2.05, 4.69) is 38.1 Å². The molecule has 0 saturated carbocycles. The van der Waals surface area contributed by atoms with Crippen LogP contribution in [0.5, 0.6) is 0 Å². The van der Waals surface area contributed by atoms with Crippen LogP contribution in [0.3, 0.4) is 0 Å². The van der Waals surface area contributed by atoms with Crippen molar-refractivity contribution in [2.75, 3.05) is 0 Å². The van der Waals surface area contributed by atoms with Crippen LogP contribution in [-0.2, 0) is 4.79 Å². The van der Waals surface area contributed by atoms with E-state index in [1.807, 2.05) is 6.07 Å². The normalized spacial score (nSPS) is 12.3. The van der Waals surface area contributed by atoms with Gasteiger partial charge < -0.3 is 0 Å². The van der Waals surface area contributed by atoms with Crippen LogP contribution in [0.1, 0.15) is 89.5 Å². The molecule has 0 fully saturated rings. The second-order valence-electron chi connectivity index (χ2n) is 6.09. The number of rotatable bonds is 12. The van der Waals surface area contributed by atoms with Crippen LogP contribution in [0.2, 0.25) is 0 Å². The summed E-state index contributed by atoms with van der Waals surface area (Å²) in [5, 5.41) is 0. The summed E-state index contributed by atoms with van der Waals surface area (Å²) in [4.78, 5) is 12.6. The molecule has 0 aliphatic carbocycles. The molecule has 0 N–H and O–H groups in total. The molecule has 0 heterocycles. The van der Waals surface area contributed by atoms with Gasteiger partial charge in [-0.05, 0) is 18.4 Å². The fraction of sp³-hybridized carbons (Fsp3) is 0.650. The zero-order chi connectivity index (χ0) is 15.3. The van der Waals surface area contributed by atoms with Gasteiger partial charge in [0, 0.05) is 12.3 Å². The number of unbranched alkanes of at least 4 members (excludes halogenated alkanes) is 6. The summed E-state index contributed by atoms with van der Waals surface area (Å²) in [6.07, 6.45) is 11.5. The first kappa shape index (κ1) is 17.9. The van der Waals surface area contributed by atoms with Gasteiger partial charge in [0.25, 0.3) is 0 Å². The van der Waals surface area contributed by atoms with E-state index in [0.29, 0.717) is 5.78 Å². The number of benzene rings is 1. The van der Waals surface area contributed by atoms with Crippen molar-refractivity contribution in [3.63, 3.8) is 0 Å². The highest BCUT2D eigenvalue weighted by atomic mass is 16.1. The van der Waals surface area contributed by atoms with Gasteiger partial charge in [0.05, 0.1) is 0 Å². The zero-order valence-corrected chi connectivity index (χ0v) is 13.9. The molecule has 0 aliphatic heterocycles. The maximum atomic E-state index is 12.6. The number of Topliss-reactive ketones (excluding diaryl/α,β-unsaturated/α-hetero) is 1. The van der Waals surface area contributed by atoms with Crippen LogP contribution in [0.4, 0.5) is 0 Å². The molecule has 1 unspecified atom stereocenters. The Labute approximate surface area is 131 Å². The Morgan fingerprint density at radius 1 is 0.857 bits per heavy atom. The molecule has 1 atom stereocenters. The monoisotopic (exact) mass is 288 g/mol. The van der Waals surface area contributed by atoms with Crippen LogP contribution < -0.4 is 0 Å². The summed E-state index contributed by atoms with van der Waals surface area (Å²) in [6.45, 7) is 4.44. The van der Waals surface area contributed by atoms with E-state index in [9.17, 15) is 4.79 Å². The smallest absolute Gasteiger partial charge is 0.140 e. The quantitative estimate of drug-likeness (QED) is 0.414. The van der Waals surface area contributed by atoms with E-state index in [1.165, 1.54) is 50.5 Å². The van der Waals surface area contributed by atoms with Crippen LogP contribution in [0.25, 0.3) is 0 Å². The highest BCUT2D eigenvalue weighted by Crippen LogP contribution is 2.26. The second-order valence-corrected chi connectivity index (χ2v) is 6.09. The van der Waals surface area contributed by atoms with Crippen LogP contribution in [0, 0.1) is 0 Å². The molecule has 0 aromatic heterocycles. The third-order valence-corrected chi connectivity index (χ3v) is 4.21. The molecule has 21 heavy (non-hydrogen) atoms. The molecule has 0 bridgehead atoms. The van der Waals surface area contributed by atoms with Crippen molar-refractivity contribution in [1.82, 2.24) is 0 Å². The highest BCUT2D eigenvalue weighted by Gasteiger charge is 2.19. The Kier molecular flexibility index (Phi) is 9.86. The Morgan fingerprint density at radius 3 is 2.10 bits per heavy atom. The average Bonchev–Trinajstić information content (AvgIpc) is 2.52. The topological polar surface area (TPSA) is 17.1 Å². The fourth-order valence-corrected chi connectivity index (χ4v) is 2.87. The lowest BCUT2D eigenvalue weighted by molar-refractivity contribution is -0.120. The van der Waals surface area contributed by atoms with E-state index in [-0.39, 0.29) is 5.92 Å². The number of hydrogen-bond donors (Lipinski definition) is 0. The molecule has 0 spiro atoms. The average molecular weight is 288 g/mol. The lowest BCUT2D eigenvalue weighted by Crippen LogP contribution is -2.12. The van der Waals surface area contributed by atoms with Crippen LogP contribution in [-0.4, -0.2) is 5.78 Å². The largest absolute Gasteiger partial charge is 0.299 e. The highest BCUT2D eigenvalue weighted by molar-refractivity contribution is 5.85. The summed E-state index contributed by atoms with van der Waals surface area (Å²) in [5.74, 6) is 0.582. The molecule has 0 radical (unpaired) electrons. The molecule has 118 valence electrons. The Bertz CT molecular complexity index is 369. The Balaban J connectivity index is 2.52. The van der Waals surface area contributed by atoms with E-state index in [1.54, 1.807) is 0 Å². The molecule has 1 rings (SSSR count). The SMILES string of the molecule is CCCCCCC(=O)C(CCCCCC)c1ccccc1. The summed E-state index contributed by atoms with van der Waals surface area (Å²) in [5.41, 5.74) is 1.22. The van der Waals surface area contributed by atoms with Gasteiger partial charge in [-0.25, -0.2) is 0 Å². The van der Waals surface area contributed by atoms with Gasteiger partial charge in [0.1, 0.15) is 5.78 Å². The Morgan fingerprint density at radius 2 is 1.48 bits per heavy atom. The number of ketones is 1. The first-order chi connectivity index (χ1) is 10.3. The maximum absolute atomic E-state index is 12.6. The van der Waals surface area contributed by atoms with Crippen molar-refractivity contribution in [2.24, 2.45) is 0 Å². The van der Waals surface area contributed by atoms with E-state index in [0.717, 1.165) is 19.3 Å². The van der Waals surface area contributed by atoms with E-state index < -0.39 is 0 Å². The molecule has 1 aromatic rings. The van der Waals surface area contributed by atoms with Gasteiger partial charge in [-0.2, -0.15) is 0 Å². The third kappa shape index (κ3) is 7.45. The van der Waals surface area contributed by atoms with E-state index in [4.69, 9.17) is 0 Å². The molecular formula is C20H32O. The van der Waals surface area contributed by atoms with Gasteiger partial charge >= 0.3 is 0 Å². The molecule has 1 nitrogen and oxygen atoms in total. The second kappa shape index (κ2) is 11.5. The minimum atomic E-state index is 0.129. The lowest BCUT2D eigenvalue weighted by atomic mass is 9.87. The number of carbonyl (C=O) groups excluding carboxylic acids is 1. The molecular weight excluding hydrogens is 256 g/mol. The summed E-state index contributed by atoms with van der Waals surface area (Å²) in [7, 11) is 0. The third-order valence-electron chi connectivity index (χ3n) is 4.21. The Hall–Kier alpha value is -1.11. The van der Waals surface area contributed by atoms with Crippen LogP contribution in [0.15, 0.2) is 30.3 Å². The van der Waals surface area contributed by atoms with Gasteiger partial charge in [-0.3, -0.25) is 4.79 Å². The predicted octanol–water partition coefficient (Wildman–Crippen LogP) is 6.28. The first-order valence-electron chi connectivity index (χ1n) is 8.87. The standard InChI is InChI=1S/C20H32O/c1-3-5-7-12-16-19(18-14-10-9-11-15-18)20(21)17-13-8-6-4-2/h9-11,14-15,19H,3-8,12-13,16-17H2,1-2H3. The maximum Gasteiger partial charge on any atom is 0.140 e. The van der Waals surface area contributed by atoms with Crippen molar-refractivity contribution in [2.45, 2.75) is 84.0 Å². The van der Waals surface area contributed by atoms with Crippen molar-refractivity contribution >= 4 is 5.78 Å². The zero-order valence-electron chi connectivity index (χ0n) is 13.9. The van der Waals surface area contributed by atoms with Gasteiger partial charge in [0.15, 0.2) is 0 Å². The predicted molar refractivity (Wildman–Crippen MR) is 91.7 cm³/mol. The van der Waals surface area contributed by atoms with Gasteiger partial charge in [-0.15, -0.1) is 0 Å². The van der Waals surface area contributed by atoms with Crippen LogP contribution >= 0.6 is 0 Å². The summed E-state index contributed by atoms with van der Waals surface area (Å²) >= 11 is 0. The molecule has 1 heteroatoms. The van der Waals surface area contributed by atoms with E-state index >= 15 is 0 Å². The summed E-state index contributed by atoms with van der Waals surface area (Å²) in [6, 6.07) is 10.4. The minimum absolute atomic E-state index is 0.129.